The SMILES string of the molecule is C[C@H](NC(C(=O)O)c1ccccc1)C1CCCC1. The molecule has 2 rings (SSSR count). The van der Waals surface area contributed by atoms with Crippen LogP contribution in [0.25, 0.3) is 0 Å². The molecular formula is C15H21NO2. The smallest absolute Gasteiger partial charge is 0.325 e. The second-order valence-electron chi connectivity index (χ2n) is 5.18. The number of carbonyl (C=O) groups is 1. The van der Waals surface area contributed by atoms with Gasteiger partial charge in [-0.15, -0.1) is 0 Å². The van der Waals surface area contributed by atoms with Gasteiger partial charge in [0.05, 0.1) is 0 Å². The lowest BCUT2D eigenvalue weighted by atomic mass is 9.97. The molecule has 0 aromatic heterocycles. The van der Waals surface area contributed by atoms with E-state index in [2.05, 4.69) is 12.2 Å². The number of rotatable bonds is 5. The van der Waals surface area contributed by atoms with Gasteiger partial charge in [0.2, 0.25) is 0 Å². The zero-order valence-electron chi connectivity index (χ0n) is 10.8. The quantitative estimate of drug-likeness (QED) is 0.841. The van der Waals surface area contributed by atoms with E-state index in [4.69, 9.17) is 0 Å². The van der Waals surface area contributed by atoms with E-state index in [9.17, 15) is 9.90 Å². The highest BCUT2D eigenvalue weighted by atomic mass is 16.4. The Labute approximate surface area is 108 Å². The Bertz CT molecular complexity index is 385. The summed E-state index contributed by atoms with van der Waals surface area (Å²) >= 11 is 0. The van der Waals surface area contributed by atoms with E-state index in [-0.39, 0.29) is 6.04 Å². The molecule has 98 valence electrons. The van der Waals surface area contributed by atoms with Gasteiger partial charge in [-0.25, -0.2) is 0 Å². The molecule has 1 aromatic carbocycles. The minimum absolute atomic E-state index is 0.258. The Morgan fingerprint density at radius 3 is 2.44 bits per heavy atom. The molecule has 3 nitrogen and oxygen atoms in total. The van der Waals surface area contributed by atoms with Crippen molar-refractivity contribution in [2.24, 2.45) is 5.92 Å². The van der Waals surface area contributed by atoms with E-state index in [1.807, 2.05) is 30.3 Å². The van der Waals surface area contributed by atoms with Crippen molar-refractivity contribution in [3.8, 4) is 0 Å². The molecule has 0 saturated heterocycles. The molecule has 0 amide bonds. The van der Waals surface area contributed by atoms with Crippen LogP contribution in [0.3, 0.4) is 0 Å². The van der Waals surface area contributed by atoms with Gasteiger partial charge in [0.1, 0.15) is 6.04 Å². The Hall–Kier alpha value is -1.35. The van der Waals surface area contributed by atoms with Gasteiger partial charge in [-0.05, 0) is 31.2 Å². The standard InChI is InChI=1S/C15H21NO2/c1-11(12-7-5-6-8-12)16-14(15(17)18)13-9-3-2-4-10-13/h2-4,9-12,14,16H,5-8H2,1H3,(H,17,18)/t11-,14?/m0/s1. The minimum Gasteiger partial charge on any atom is -0.480 e. The van der Waals surface area contributed by atoms with Gasteiger partial charge < -0.3 is 5.11 Å². The van der Waals surface area contributed by atoms with Crippen molar-refractivity contribution >= 4 is 5.97 Å². The van der Waals surface area contributed by atoms with Crippen molar-refractivity contribution in [1.82, 2.24) is 5.32 Å². The van der Waals surface area contributed by atoms with Crippen LogP contribution in [0.1, 0.15) is 44.2 Å². The first-order valence-corrected chi connectivity index (χ1v) is 6.72. The molecule has 0 bridgehead atoms. The molecule has 1 saturated carbocycles. The highest BCUT2D eigenvalue weighted by Crippen LogP contribution is 2.28. The number of benzene rings is 1. The van der Waals surface area contributed by atoms with Crippen LogP contribution in [0.2, 0.25) is 0 Å². The van der Waals surface area contributed by atoms with Crippen LogP contribution in [0.4, 0.5) is 0 Å². The van der Waals surface area contributed by atoms with E-state index < -0.39 is 12.0 Å². The summed E-state index contributed by atoms with van der Waals surface area (Å²) < 4.78 is 0. The molecule has 1 aromatic rings. The number of hydrogen-bond donors (Lipinski definition) is 2. The van der Waals surface area contributed by atoms with Crippen LogP contribution in [-0.2, 0) is 4.79 Å². The second kappa shape index (κ2) is 6.01. The van der Waals surface area contributed by atoms with Crippen molar-refractivity contribution in [3.63, 3.8) is 0 Å². The Balaban J connectivity index is 2.04. The van der Waals surface area contributed by atoms with Crippen molar-refractivity contribution < 1.29 is 9.90 Å². The Morgan fingerprint density at radius 1 is 1.28 bits per heavy atom. The monoisotopic (exact) mass is 247 g/mol. The molecule has 1 aliphatic carbocycles. The fourth-order valence-corrected chi connectivity index (χ4v) is 2.81. The average Bonchev–Trinajstić information content (AvgIpc) is 2.90. The second-order valence-corrected chi connectivity index (χ2v) is 5.18. The Kier molecular flexibility index (Phi) is 4.37. The lowest BCUT2D eigenvalue weighted by molar-refractivity contribution is -0.140. The maximum Gasteiger partial charge on any atom is 0.325 e. The summed E-state index contributed by atoms with van der Waals surface area (Å²) in [5.74, 6) is -0.179. The molecule has 1 aliphatic rings. The topological polar surface area (TPSA) is 49.3 Å². The maximum absolute atomic E-state index is 11.4. The molecule has 0 spiro atoms. The number of nitrogens with one attached hydrogen (secondary N) is 1. The van der Waals surface area contributed by atoms with Gasteiger partial charge in [-0.2, -0.15) is 0 Å². The summed E-state index contributed by atoms with van der Waals surface area (Å²) in [5.41, 5.74) is 0.829. The van der Waals surface area contributed by atoms with Crippen LogP contribution in [0.5, 0.6) is 0 Å². The van der Waals surface area contributed by atoms with Crippen molar-refractivity contribution in [1.29, 1.82) is 0 Å². The van der Waals surface area contributed by atoms with E-state index in [0.29, 0.717) is 5.92 Å². The molecule has 1 fully saturated rings. The van der Waals surface area contributed by atoms with E-state index in [1.165, 1.54) is 25.7 Å². The molecule has 1 unspecified atom stereocenters. The molecule has 0 radical (unpaired) electrons. The first-order valence-electron chi connectivity index (χ1n) is 6.72. The summed E-state index contributed by atoms with van der Waals surface area (Å²) in [5, 5.41) is 12.6. The zero-order valence-corrected chi connectivity index (χ0v) is 10.8. The number of aliphatic carboxylic acids is 1. The normalized spacial score (nSPS) is 19.6. The molecule has 0 heterocycles. The minimum atomic E-state index is -0.800. The average molecular weight is 247 g/mol. The van der Waals surface area contributed by atoms with Crippen LogP contribution in [0.15, 0.2) is 30.3 Å². The molecular weight excluding hydrogens is 226 g/mol. The van der Waals surface area contributed by atoms with Crippen molar-refractivity contribution in [2.75, 3.05) is 0 Å². The summed E-state index contributed by atoms with van der Waals surface area (Å²) in [6.45, 7) is 2.11. The predicted octanol–water partition coefficient (Wildman–Crippen LogP) is 2.98. The van der Waals surface area contributed by atoms with Crippen LogP contribution in [-0.4, -0.2) is 17.1 Å². The molecule has 2 atom stereocenters. The van der Waals surface area contributed by atoms with Gasteiger partial charge in [-0.1, -0.05) is 43.2 Å². The van der Waals surface area contributed by atoms with Gasteiger partial charge in [0.15, 0.2) is 0 Å². The number of hydrogen-bond acceptors (Lipinski definition) is 2. The van der Waals surface area contributed by atoms with Crippen molar-refractivity contribution in [2.45, 2.75) is 44.7 Å². The highest BCUT2D eigenvalue weighted by molar-refractivity contribution is 5.75. The lowest BCUT2D eigenvalue weighted by Gasteiger charge is -2.25. The molecule has 3 heteroatoms. The van der Waals surface area contributed by atoms with Crippen molar-refractivity contribution in [3.05, 3.63) is 35.9 Å². The van der Waals surface area contributed by atoms with Gasteiger partial charge >= 0.3 is 5.97 Å². The fourth-order valence-electron chi connectivity index (χ4n) is 2.81. The molecule has 18 heavy (non-hydrogen) atoms. The first-order chi connectivity index (χ1) is 8.68. The highest BCUT2D eigenvalue weighted by Gasteiger charge is 2.27. The largest absolute Gasteiger partial charge is 0.480 e. The molecule has 2 N–H and O–H groups in total. The third-order valence-electron chi connectivity index (χ3n) is 3.92. The van der Waals surface area contributed by atoms with E-state index in [0.717, 1.165) is 5.56 Å². The summed E-state index contributed by atoms with van der Waals surface area (Å²) in [6, 6.07) is 9.07. The predicted molar refractivity (Wildman–Crippen MR) is 71.4 cm³/mol. The van der Waals surface area contributed by atoms with Crippen LogP contribution >= 0.6 is 0 Å². The number of carboxylic acid groups (broad SMARTS) is 1. The van der Waals surface area contributed by atoms with Gasteiger partial charge in [-0.3, -0.25) is 10.1 Å². The summed E-state index contributed by atoms with van der Waals surface area (Å²) in [6.07, 6.45) is 4.99. The van der Waals surface area contributed by atoms with Gasteiger partial charge in [0.25, 0.3) is 0 Å². The Morgan fingerprint density at radius 2 is 1.89 bits per heavy atom. The zero-order chi connectivity index (χ0) is 13.0. The van der Waals surface area contributed by atoms with Crippen LogP contribution < -0.4 is 5.32 Å². The van der Waals surface area contributed by atoms with E-state index in [1.54, 1.807) is 0 Å². The third-order valence-corrected chi connectivity index (χ3v) is 3.92. The molecule has 0 aliphatic heterocycles. The summed E-state index contributed by atoms with van der Waals surface area (Å²) in [4.78, 5) is 11.4. The maximum atomic E-state index is 11.4. The van der Waals surface area contributed by atoms with E-state index >= 15 is 0 Å². The number of carboxylic acids is 1. The third kappa shape index (κ3) is 3.10. The lowest BCUT2D eigenvalue weighted by Crippen LogP contribution is -2.39. The fraction of sp³-hybridized carbons (Fsp3) is 0.533. The summed E-state index contributed by atoms with van der Waals surface area (Å²) in [7, 11) is 0. The van der Waals surface area contributed by atoms with Crippen LogP contribution in [0, 0.1) is 5.92 Å². The first kappa shape index (κ1) is 13.1. The van der Waals surface area contributed by atoms with Gasteiger partial charge in [0, 0.05) is 6.04 Å².